The van der Waals surface area contributed by atoms with E-state index >= 15 is 9.59 Å². The molecule has 228 valence electrons. The normalized spacial score (nSPS) is 31.7. The minimum atomic E-state index is -1.92. The van der Waals surface area contributed by atoms with Crippen LogP contribution in [0.1, 0.15) is 121 Å². The highest BCUT2D eigenvalue weighted by Crippen LogP contribution is 2.68. The number of rotatable bonds is 12. The lowest BCUT2D eigenvalue weighted by atomic mass is 9.36. The van der Waals surface area contributed by atoms with E-state index in [0.29, 0.717) is 32.1 Å². The molecule has 2 rings (SSSR count). The minimum Gasteiger partial charge on any atom is -0.298 e. The highest BCUT2D eigenvalue weighted by atomic mass is 79.9. The lowest BCUT2D eigenvalue weighted by Gasteiger charge is -2.63. The Balaban J connectivity index is 3.14. The Bertz CT molecular complexity index is 1180. The van der Waals surface area contributed by atoms with Gasteiger partial charge in [-0.05, 0) is 112 Å². The summed E-state index contributed by atoms with van der Waals surface area (Å²) in [5.41, 5.74) is -0.0745. The van der Waals surface area contributed by atoms with Crippen LogP contribution >= 0.6 is 15.9 Å². The predicted octanol–water partition coefficient (Wildman–Crippen LogP) is 9.27. The number of hydrogen-bond donors (Lipinski definition) is 0. The van der Waals surface area contributed by atoms with Crippen LogP contribution in [0.2, 0.25) is 0 Å². The predicted molar refractivity (Wildman–Crippen MR) is 173 cm³/mol. The molecule has 2 aliphatic carbocycles. The summed E-state index contributed by atoms with van der Waals surface area (Å²) in [6.45, 7) is 21.7. The molecule has 0 amide bonds. The van der Waals surface area contributed by atoms with E-state index in [1.54, 1.807) is 0 Å². The average Bonchev–Trinajstić information content (AvgIpc) is 2.88. The van der Waals surface area contributed by atoms with Crippen molar-refractivity contribution in [1.82, 2.24) is 0 Å². The van der Waals surface area contributed by atoms with Gasteiger partial charge in [-0.1, -0.05) is 83.3 Å². The summed E-state index contributed by atoms with van der Waals surface area (Å²) in [6, 6.07) is 0. The Labute approximate surface area is 257 Å². The van der Waals surface area contributed by atoms with Crippen molar-refractivity contribution in [2.75, 3.05) is 0 Å². The molecule has 0 heterocycles. The first kappa shape index (κ1) is 35.3. The van der Waals surface area contributed by atoms with Gasteiger partial charge in [0.05, 0.1) is 5.41 Å². The average molecular weight is 630 g/mol. The number of Topliss-reactive ketones (excluding diaryl/α,β-unsaturated/α-hetero) is 4. The molecule has 6 atom stereocenters. The molecule has 41 heavy (non-hydrogen) atoms. The quantitative estimate of drug-likeness (QED) is 0.123. The van der Waals surface area contributed by atoms with E-state index in [1.165, 1.54) is 0 Å². The molecular weight excluding hydrogens is 576 g/mol. The fraction of sp³-hybridized carbons (Fsp3) is 0.667. The molecule has 0 saturated heterocycles. The van der Waals surface area contributed by atoms with Gasteiger partial charge in [-0.3, -0.25) is 19.2 Å². The van der Waals surface area contributed by atoms with Gasteiger partial charge >= 0.3 is 0 Å². The van der Waals surface area contributed by atoms with Gasteiger partial charge in [0.2, 0.25) is 0 Å². The molecule has 2 aliphatic rings. The Hall–Kier alpha value is -1.88. The number of hydrogen-bond acceptors (Lipinski definition) is 4. The van der Waals surface area contributed by atoms with E-state index in [-0.39, 0.29) is 30.3 Å². The zero-order valence-corrected chi connectivity index (χ0v) is 29.0. The molecule has 2 bridgehead atoms. The molecule has 0 aliphatic heterocycles. The molecule has 0 spiro atoms. The number of carbonyl (C=O) groups is 4. The van der Waals surface area contributed by atoms with Gasteiger partial charge in [-0.25, -0.2) is 0 Å². The van der Waals surface area contributed by atoms with Crippen molar-refractivity contribution in [3.8, 4) is 0 Å². The van der Waals surface area contributed by atoms with Crippen LogP contribution in [-0.4, -0.2) is 27.5 Å². The van der Waals surface area contributed by atoms with Gasteiger partial charge in [0.15, 0.2) is 28.5 Å². The minimum absolute atomic E-state index is 0.120. The van der Waals surface area contributed by atoms with E-state index in [4.69, 9.17) is 0 Å². The van der Waals surface area contributed by atoms with Gasteiger partial charge in [-0.2, -0.15) is 0 Å². The first-order chi connectivity index (χ1) is 18.9. The molecule has 0 aromatic carbocycles. The Morgan fingerprint density at radius 2 is 1.34 bits per heavy atom. The van der Waals surface area contributed by atoms with Crippen molar-refractivity contribution in [3.63, 3.8) is 0 Å². The summed E-state index contributed by atoms with van der Waals surface area (Å²) < 4.78 is -1.64. The van der Waals surface area contributed by atoms with Crippen molar-refractivity contribution >= 4 is 39.1 Å². The first-order valence-electron chi connectivity index (χ1n) is 15.3. The monoisotopic (exact) mass is 628 g/mol. The second-order valence-corrected chi connectivity index (χ2v) is 15.3. The lowest BCUT2D eigenvalue weighted by molar-refractivity contribution is -0.188. The number of halogens is 1. The molecule has 5 heteroatoms. The van der Waals surface area contributed by atoms with Gasteiger partial charge in [0.1, 0.15) is 4.32 Å². The number of alkyl halides is 1. The van der Waals surface area contributed by atoms with Crippen molar-refractivity contribution in [2.24, 2.45) is 28.1 Å². The Morgan fingerprint density at radius 3 is 1.83 bits per heavy atom. The lowest BCUT2D eigenvalue weighted by Crippen LogP contribution is -2.78. The molecule has 4 nitrogen and oxygen atoms in total. The first-order valence-corrected chi connectivity index (χ1v) is 16.1. The SMILES string of the molecule is CCC(C)C(=O)[C@@]12C(=O)C(Br)(CC=C(C)C)C(=O)[C@@](CC=C(C)C)(C[C@H](CC=C(C)C)[C@@]1(C)CCC=C(C)C)C2=O. The van der Waals surface area contributed by atoms with Crippen LogP contribution in [0.5, 0.6) is 0 Å². The molecule has 0 radical (unpaired) electrons. The van der Waals surface area contributed by atoms with Crippen LogP contribution in [0.15, 0.2) is 46.6 Å². The van der Waals surface area contributed by atoms with Gasteiger partial charge < -0.3 is 0 Å². The summed E-state index contributed by atoms with van der Waals surface area (Å²) in [5, 5.41) is 0. The van der Waals surface area contributed by atoms with Crippen LogP contribution in [0.3, 0.4) is 0 Å². The van der Waals surface area contributed by atoms with E-state index in [9.17, 15) is 9.59 Å². The second-order valence-electron chi connectivity index (χ2n) is 13.9. The summed E-state index contributed by atoms with van der Waals surface area (Å²) in [6.07, 6.45) is 11.0. The van der Waals surface area contributed by atoms with Crippen molar-refractivity contribution in [2.45, 2.75) is 125 Å². The van der Waals surface area contributed by atoms with E-state index in [0.717, 1.165) is 22.3 Å². The van der Waals surface area contributed by atoms with Gasteiger partial charge in [-0.15, -0.1) is 0 Å². The standard InChI is InChI=1S/C36H53BrO4/c1-12-27(10)29(38)36-31(40)34(20-17-25(6)7,30(39)35(37,32(36)41)21-18-26(8)9)22-28(16-15-24(4)5)33(36,11)19-13-14-23(2)3/h14-15,17-18,27-28H,12-13,16,19-22H2,1-11H3/t27?,28-,33+,34+,35?,36+/m0/s1. The largest absolute Gasteiger partial charge is 0.298 e. The van der Waals surface area contributed by atoms with Crippen LogP contribution in [0.4, 0.5) is 0 Å². The van der Waals surface area contributed by atoms with Crippen LogP contribution in [0.25, 0.3) is 0 Å². The van der Waals surface area contributed by atoms with Crippen molar-refractivity contribution in [1.29, 1.82) is 0 Å². The maximum atomic E-state index is 15.2. The number of fused-ring (bicyclic) bond motifs is 2. The van der Waals surface area contributed by atoms with Crippen LogP contribution < -0.4 is 0 Å². The fourth-order valence-corrected chi connectivity index (χ4v) is 7.85. The highest BCUT2D eigenvalue weighted by molar-refractivity contribution is 9.10. The second kappa shape index (κ2) is 13.2. The fourth-order valence-electron chi connectivity index (χ4n) is 7.01. The molecule has 0 N–H and O–H groups in total. The maximum absolute atomic E-state index is 15.2. The smallest absolute Gasteiger partial charge is 0.178 e. The summed E-state index contributed by atoms with van der Waals surface area (Å²) >= 11 is 3.69. The van der Waals surface area contributed by atoms with E-state index in [1.807, 2.05) is 88.3 Å². The van der Waals surface area contributed by atoms with E-state index in [2.05, 4.69) is 28.1 Å². The molecule has 2 fully saturated rings. The summed E-state index contributed by atoms with van der Waals surface area (Å²) in [4.78, 5) is 60.0. The molecule has 0 aromatic rings. The molecule has 0 aromatic heterocycles. The summed E-state index contributed by atoms with van der Waals surface area (Å²) in [7, 11) is 0. The molecule has 2 saturated carbocycles. The third-order valence-electron chi connectivity index (χ3n) is 9.73. The number of carbonyl (C=O) groups excluding carboxylic acids is 4. The molecular formula is C36H53BrO4. The Kier molecular flexibility index (Phi) is 11.4. The summed E-state index contributed by atoms with van der Waals surface area (Å²) in [5.74, 6) is -2.39. The zero-order chi connectivity index (χ0) is 31.6. The van der Waals surface area contributed by atoms with Gasteiger partial charge in [0, 0.05) is 5.92 Å². The Morgan fingerprint density at radius 1 is 0.829 bits per heavy atom. The van der Waals surface area contributed by atoms with Crippen molar-refractivity contribution < 1.29 is 19.2 Å². The van der Waals surface area contributed by atoms with Crippen molar-refractivity contribution in [3.05, 3.63) is 46.6 Å². The topological polar surface area (TPSA) is 68.3 Å². The number of allylic oxidation sites excluding steroid dienone is 8. The zero-order valence-electron chi connectivity index (χ0n) is 27.4. The number of ketones is 4. The van der Waals surface area contributed by atoms with Crippen LogP contribution in [0, 0.1) is 28.1 Å². The molecule has 2 unspecified atom stereocenters. The van der Waals surface area contributed by atoms with E-state index < -0.39 is 38.1 Å². The van der Waals surface area contributed by atoms with Gasteiger partial charge in [0.25, 0.3) is 0 Å². The maximum Gasteiger partial charge on any atom is 0.178 e. The highest BCUT2D eigenvalue weighted by Gasteiger charge is 2.81. The third-order valence-corrected chi connectivity index (χ3v) is 10.8. The third kappa shape index (κ3) is 6.12. The van der Waals surface area contributed by atoms with Crippen LogP contribution in [-0.2, 0) is 19.2 Å².